The van der Waals surface area contributed by atoms with Crippen LogP contribution in [0.25, 0.3) is 21.8 Å². The maximum Gasteiger partial charge on any atom is 0.335 e. The normalized spacial score (nSPS) is 12.4. The fourth-order valence-electron chi connectivity index (χ4n) is 5.32. The van der Waals surface area contributed by atoms with Crippen LogP contribution in [-0.4, -0.2) is 27.2 Å². The van der Waals surface area contributed by atoms with Crippen molar-refractivity contribution in [1.82, 2.24) is 4.57 Å². The molecule has 0 atom stereocenters. The standard InChI is InChI=1S/C31H19Cl2NO5/c1-15(35)18-6-16(7-20(9-18)31(38)39)14-34-27-5-4-22(33)12-26(27)30(37)25-10-19-8-17-2-3-21(32)11-23(17)29(36)24(19)13-28(25)34/h2-7,9-13H,8,14H2,1H3,(H,38,39). The molecule has 8 heteroatoms. The lowest BCUT2D eigenvalue weighted by molar-refractivity contribution is 0.0696. The molecule has 1 aliphatic carbocycles. The van der Waals surface area contributed by atoms with Crippen molar-refractivity contribution in [1.29, 1.82) is 0 Å². The SMILES string of the molecule is CC(=O)c1cc(Cn2c3ccc(Cl)cc3c(=O)c3cc4c(cc32)C(=O)c2cc(Cl)ccc2C4)cc(C(=O)O)c1. The number of halogens is 2. The van der Waals surface area contributed by atoms with Gasteiger partial charge in [0.25, 0.3) is 0 Å². The number of hydrogen-bond donors (Lipinski definition) is 1. The molecular formula is C31H19Cl2NO5. The van der Waals surface area contributed by atoms with E-state index in [2.05, 4.69) is 0 Å². The van der Waals surface area contributed by atoms with Crippen LogP contribution in [0.5, 0.6) is 0 Å². The molecule has 0 saturated heterocycles. The van der Waals surface area contributed by atoms with E-state index in [1.165, 1.54) is 19.1 Å². The molecular weight excluding hydrogens is 537 g/mol. The fourth-order valence-corrected chi connectivity index (χ4v) is 5.67. The van der Waals surface area contributed by atoms with Gasteiger partial charge in [-0.25, -0.2) is 4.79 Å². The van der Waals surface area contributed by atoms with Gasteiger partial charge >= 0.3 is 5.97 Å². The van der Waals surface area contributed by atoms with Crippen LogP contribution in [0.4, 0.5) is 0 Å². The van der Waals surface area contributed by atoms with Gasteiger partial charge in [-0.2, -0.15) is 0 Å². The minimum absolute atomic E-state index is 0.0172. The molecule has 6 rings (SSSR count). The molecule has 6 nitrogen and oxygen atoms in total. The number of fused-ring (bicyclic) bond motifs is 4. The molecule has 0 radical (unpaired) electrons. The Kier molecular flexibility index (Phi) is 5.90. The summed E-state index contributed by atoms with van der Waals surface area (Å²) in [6.07, 6.45) is 0.471. The molecule has 0 amide bonds. The van der Waals surface area contributed by atoms with Crippen molar-refractivity contribution < 1.29 is 19.5 Å². The van der Waals surface area contributed by atoms with E-state index in [4.69, 9.17) is 23.2 Å². The minimum Gasteiger partial charge on any atom is -0.478 e. The number of carboxylic acid groups (broad SMARTS) is 1. The maximum atomic E-state index is 13.7. The Bertz CT molecular complexity index is 1960. The van der Waals surface area contributed by atoms with E-state index in [-0.39, 0.29) is 34.7 Å². The number of hydrogen-bond acceptors (Lipinski definition) is 4. The van der Waals surface area contributed by atoms with E-state index in [1.54, 1.807) is 48.5 Å². The predicted molar refractivity (Wildman–Crippen MR) is 151 cm³/mol. The smallest absolute Gasteiger partial charge is 0.335 e. The molecule has 0 fully saturated rings. The number of ketones is 2. The predicted octanol–water partition coefficient (Wildman–Crippen LogP) is 6.55. The topological polar surface area (TPSA) is 93.4 Å². The third kappa shape index (κ3) is 4.22. The second-order valence-corrected chi connectivity index (χ2v) is 10.6. The van der Waals surface area contributed by atoms with E-state index < -0.39 is 5.97 Å². The Hall–Kier alpha value is -4.26. The maximum absolute atomic E-state index is 13.7. The van der Waals surface area contributed by atoms with Crippen LogP contribution >= 0.6 is 23.2 Å². The monoisotopic (exact) mass is 555 g/mol. The molecule has 1 heterocycles. The molecule has 39 heavy (non-hydrogen) atoms. The van der Waals surface area contributed by atoms with Crippen molar-refractivity contribution in [3.8, 4) is 0 Å². The summed E-state index contributed by atoms with van der Waals surface area (Å²) in [5.74, 6) is -1.60. The molecule has 0 bridgehead atoms. The van der Waals surface area contributed by atoms with E-state index in [0.29, 0.717) is 55.0 Å². The summed E-state index contributed by atoms with van der Waals surface area (Å²) in [7, 11) is 0. The fraction of sp³-hybridized carbons (Fsp3) is 0.0968. The van der Waals surface area contributed by atoms with Crippen molar-refractivity contribution >= 4 is 62.5 Å². The first-order valence-electron chi connectivity index (χ1n) is 12.1. The minimum atomic E-state index is -1.15. The molecule has 5 aromatic rings. The third-order valence-corrected chi connectivity index (χ3v) is 7.65. The number of Topliss-reactive ketones (excluding diaryl/α,β-unsaturated/α-hetero) is 1. The van der Waals surface area contributed by atoms with E-state index in [1.807, 2.05) is 10.6 Å². The Labute approximate surface area is 232 Å². The summed E-state index contributed by atoms with van der Waals surface area (Å²) < 4.78 is 1.86. The quantitative estimate of drug-likeness (QED) is 0.197. The molecule has 4 aromatic carbocycles. The number of aromatic carboxylic acids is 1. The Morgan fingerprint density at radius 1 is 0.795 bits per heavy atom. The van der Waals surface area contributed by atoms with Gasteiger partial charge in [-0.3, -0.25) is 14.4 Å². The highest BCUT2D eigenvalue weighted by Gasteiger charge is 2.26. The lowest BCUT2D eigenvalue weighted by atomic mass is 9.84. The lowest BCUT2D eigenvalue weighted by Gasteiger charge is -2.22. The van der Waals surface area contributed by atoms with Gasteiger partial charge in [0.2, 0.25) is 0 Å². The molecule has 0 aliphatic heterocycles. The van der Waals surface area contributed by atoms with Crippen LogP contribution in [0.15, 0.2) is 71.5 Å². The van der Waals surface area contributed by atoms with Crippen molar-refractivity contribution in [3.05, 3.63) is 126 Å². The average Bonchev–Trinajstić information content (AvgIpc) is 2.91. The Morgan fingerprint density at radius 3 is 2.21 bits per heavy atom. The van der Waals surface area contributed by atoms with Crippen LogP contribution in [0.3, 0.4) is 0 Å². The summed E-state index contributed by atoms with van der Waals surface area (Å²) in [4.78, 5) is 51.2. The first-order chi connectivity index (χ1) is 18.6. The van der Waals surface area contributed by atoms with Gasteiger partial charge in [-0.15, -0.1) is 0 Å². The van der Waals surface area contributed by atoms with Gasteiger partial charge in [-0.05, 0) is 90.7 Å². The third-order valence-electron chi connectivity index (χ3n) is 7.18. The zero-order valence-electron chi connectivity index (χ0n) is 20.5. The molecule has 1 N–H and O–H groups in total. The van der Waals surface area contributed by atoms with Crippen LogP contribution in [0.2, 0.25) is 10.0 Å². The Balaban J connectivity index is 1.64. The zero-order valence-corrected chi connectivity index (χ0v) is 22.1. The molecule has 1 aliphatic rings. The first-order valence-corrected chi connectivity index (χ1v) is 12.9. The summed E-state index contributed by atoms with van der Waals surface area (Å²) >= 11 is 12.4. The van der Waals surface area contributed by atoms with Crippen molar-refractivity contribution in [3.63, 3.8) is 0 Å². The number of carbonyl (C=O) groups is 3. The highest BCUT2D eigenvalue weighted by Crippen LogP contribution is 2.33. The second-order valence-electron chi connectivity index (χ2n) is 9.69. The highest BCUT2D eigenvalue weighted by atomic mass is 35.5. The zero-order chi connectivity index (χ0) is 27.6. The van der Waals surface area contributed by atoms with Crippen LogP contribution in [0, 0.1) is 0 Å². The molecule has 0 unspecified atom stereocenters. The van der Waals surface area contributed by atoms with Gasteiger partial charge < -0.3 is 9.67 Å². The van der Waals surface area contributed by atoms with E-state index in [9.17, 15) is 24.3 Å². The number of carboxylic acids is 1. The Morgan fingerprint density at radius 2 is 1.46 bits per heavy atom. The molecule has 0 saturated carbocycles. The number of nitrogens with zero attached hydrogens (tertiary/aromatic N) is 1. The lowest BCUT2D eigenvalue weighted by Crippen LogP contribution is -2.18. The number of pyridine rings is 1. The van der Waals surface area contributed by atoms with Crippen molar-refractivity contribution in [2.24, 2.45) is 0 Å². The van der Waals surface area contributed by atoms with E-state index in [0.717, 1.165) is 11.1 Å². The number of aromatic nitrogens is 1. The first kappa shape index (κ1) is 25.0. The molecule has 0 spiro atoms. The highest BCUT2D eigenvalue weighted by molar-refractivity contribution is 6.31. The molecule has 192 valence electrons. The van der Waals surface area contributed by atoms with Crippen LogP contribution in [-0.2, 0) is 13.0 Å². The molecule has 1 aromatic heterocycles. The van der Waals surface area contributed by atoms with Gasteiger partial charge in [0.1, 0.15) is 0 Å². The number of rotatable bonds is 4. The summed E-state index contributed by atoms with van der Waals surface area (Å²) in [6.45, 7) is 1.52. The summed E-state index contributed by atoms with van der Waals surface area (Å²) in [5, 5.41) is 11.3. The van der Waals surface area contributed by atoms with Crippen LogP contribution < -0.4 is 5.43 Å². The van der Waals surface area contributed by atoms with Crippen molar-refractivity contribution in [2.75, 3.05) is 0 Å². The van der Waals surface area contributed by atoms with Gasteiger partial charge in [0.05, 0.1) is 16.6 Å². The van der Waals surface area contributed by atoms with Crippen molar-refractivity contribution in [2.45, 2.75) is 19.9 Å². The number of benzene rings is 4. The number of carbonyl (C=O) groups excluding carboxylic acids is 2. The summed E-state index contributed by atoms with van der Waals surface area (Å²) in [5.41, 5.74) is 4.23. The summed E-state index contributed by atoms with van der Waals surface area (Å²) in [6, 6.07) is 18.2. The van der Waals surface area contributed by atoms with E-state index >= 15 is 0 Å². The van der Waals surface area contributed by atoms with Gasteiger partial charge in [0, 0.05) is 44.1 Å². The second kappa shape index (κ2) is 9.19. The average molecular weight is 556 g/mol. The van der Waals surface area contributed by atoms with Gasteiger partial charge in [-0.1, -0.05) is 29.3 Å². The largest absolute Gasteiger partial charge is 0.478 e. The van der Waals surface area contributed by atoms with Gasteiger partial charge in [0.15, 0.2) is 17.0 Å². The van der Waals surface area contributed by atoms with Crippen LogP contribution in [0.1, 0.15) is 60.3 Å².